The maximum atomic E-state index is 14.0. The van der Waals surface area contributed by atoms with Gasteiger partial charge in [-0.15, -0.1) is 0 Å². The number of carbonyl (C=O) groups is 2. The lowest BCUT2D eigenvalue weighted by Crippen LogP contribution is -2.60. The van der Waals surface area contributed by atoms with Gasteiger partial charge in [-0.25, -0.2) is 4.79 Å². The third-order valence-electron chi connectivity index (χ3n) is 11.5. The number of methoxy groups -OCH3 is 1. The molecule has 4 nitrogen and oxygen atoms in total. The molecule has 8 atom stereocenters. The summed E-state index contributed by atoms with van der Waals surface area (Å²) in [5, 5.41) is 0. The summed E-state index contributed by atoms with van der Waals surface area (Å²) in [6.45, 7) is 11.4. The first-order chi connectivity index (χ1) is 15.9. The molecule has 0 spiro atoms. The molecule has 184 valence electrons. The molecule has 4 heteroatoms. The molecule has 5 rings (SSSR count). The monoisotopic (exact) mass is 464 g/mol. The second-order valence-corrected chi connectivity index (χ2v) is 13.3. The van der Waals surface area contributed by atoms with Crippen molar-refractivity contribution in [3.05, 3.63) is 29.4 Å². The maximum Gasteiger partial charge on any atom is 0.312 e. The van der Waals surface area contributed by atoms with Crippen LogP contribution in [0.15, 0.2) is 29.4 Å². The average molecular weight is 465 g/mol. The normalized spacial score (nSPS) is 46.8. The van der Waals surface area contributed by atoms with Gasteiger partial charge < -0.3 is 4.74 Å². The highest BCUT2D eigenvalue weighted by atomic mass is 16.5. The van der Waals surface area contributed by atoms with Crippen LogP contribution >= 0.6 is 0 Å². The van der Waals surface area contributed by atoms with E-state index >= 15 is 0 Å². The second kappa shape index (κ2) is 7.53. The van der Waals surface area contributed by atoms with Crippen LogP contribution in [-0.2, 0) is 19.1 Å². The standard InChI is InChI=1S/C30H40O4/c1-18-19(17-31)7-8-20-22-15-24(32)25-21(29(22,5)13-12-28(18,20)4)9-10-30(26(33)34-6)14-11-27(2,3)16-23(25)30/h7-8,15,18,20-21,23,25H,9-14,16H2,1-6H3/t18-,20?,21?,23?,25?,28-,29?,30?/m0/s1. The highest BCUT2D eigenvalue weighted by molar-refractivity contribution is 5.95. The van der Waals surface area contributed by atoms with Crippen LogP contribution in [0.4, 0.5) is 0 Å². The minimum atomic E-state index is -0.519. The van der Waals surface area contributed by atoms with Crippen molar-refractivity contribution < 1.29 is 19.1 Å². The summed E-state index contributed by atoms with van der Waals surface area (Å²) >= 11 is 0. The van der Waals surface area contributed by atoms with E-state index in [0.29, 0.717) is 0 Å². The van der Waals surface area contributed by atoms with Gasteiger partial charge in [0.15, 0.2) is 5.78 Å². The van der Waals surface area contributed by atoms with E-state index in [1.165, 1.54) is 12.7 Å². The Morgan fingerprint density at radius 3 is 2.47 bits per heavy atom. The molecular formula is C30H40O4. The van der Waals surface area contributed by atoms with Gasteiger partial charge in [0.05, 0.1) is 12.5 Å². The minimum Gasteiger partial charge on any atom is -0.469 e. The lowest BCUT2D eigenvalue weighted by molar-refractivity contribution is -0.177. The minimum absolute atomic E-state index is 0.0447. The first kappa shape index (κ1) is 23.8. The van der Waals surface area contributed by atoms with Crippen molar-refractivity contribution in [3.63, 3.8) is 0 Å². The number of hydrogen-bond donors (Lipinski definition) is 0. The smallest absolute Gasteiger partial charge is 0.312 e. The number of allylic oxidation sites excluding steroid dienone is 5. The van der Waals surface area contributed by atoms with Crippen LogP contribution in [0.25, 0.3) is 0 Å². The molecule has 0 aromatic rings. The van der Waals surface area contributed by atoms with Crippen molar-refractivity contribution in [2.75, 3.05) is 7.11 Å². The van der Waals surface area contributed by atoms with Gasteiger partial charge in [-0.05, 0) is 85.0 Å². The summed E-state index contributed by atoms with van der Waals surface area (Å²) in [5.41, 5.74) is 1.49. The van der Waals surface area contributed by atoms with Gasteiger partial charge >= 0.3 is 5.97 Å². The lowest BCUT2D eigenvalue weighted by Gasteiger charge is -2.63. The Kier molecular flexibility index (Phi) is 5.27. The van der Waals surface area contributed by atoms with Crippen molar-refractivity contribution in [2.24, 2.45) is 51.2 Å². The molecule has 3 fully saturated rings. The van der Waals surface area contributed by atoms with E-state index in [2.05, 4.69) is 46.6 Å². The van der Waals surface area contributed by atoms with Crippen molar-refractivity contribution in [1.82, 2.24) is 0 Å². The number of fused-ring (bicyclic) bond motifs is 7. The van der Waals surface area contributed by atoms with Gasteiger partial charge in [-0.1, -0.05) is 52.3 Å². The molecule has 6 unspecified atom stereocenters. The van der Waals surface area contributed by atoms with Crippen LogP contribution in [0.3, 0.4) is 0 Å². The van der Waals surface area contributed by atoms with Crippen molar-refractivity contribution in [1.29, 1.82) is 0 Å². The zero-order valence-electron chi connectivity index (χ0n) is 21.7. The number of esters is 1. The summed E-state index contributed by atoms with van der Waals surface area (Å²) in [5.74, 6) is 2.75. The summed E-state index contributed by atoms with van der Waals surface area (Å²) in [7, 11) is 1.50. The molecule has 0 bridgehead atoms. The molecule has 5 aliphatic carbocycles. The Labute approximate surface area is 204 Å². The van der Waals surface area contributed by atoms with Crippen LogP contribution in [0.2, 0.25) is 0 Å². The molecule has 5 aliphatic rings. The van der Waals surface area contributed by atoms with Crippen molar-refractivity contribution in [2.45, 2.75) is 79.6 Å². The zero-order chi connectivity index (χ0) is 24.7. The van der Waals surface area contributed by atoms with Crippen LogP contribution in [0, 0.1) is 51.2 Å². The Hall–Kier alpha value is -1.93. The summed E-state index contributed by atoms with van der Waals surface area (Å²) in [4.78, 5) is 38.8. The van der Waals surface area contributed by atoms with Gasteiger partial charge in [-0.2, -0.15) is 0 Å². The SMILES string of the molecule is COC(=O)C12CCC3C(C(=O)C=C4C5C=CC(=C=O)[C@H](C)[C@]5(C)CCC43C)C1CC(C)(C)CC2. The first-order valence-electron chi connectivity index (χ1n) is 13.2. The summed E-state index contributed by atoms with van der Waals surface area (Å²) in [6.07, 6.45) is 12.6. The van der Waals surface area contributed by atoms with E-state index in [4.69, 9.17) is 4.74 Å². The largest absolute Gasteiger partial charge is 0.469 e. The molecule has 34 heavy (non-hydrogen) atoms. The summed E-state index contributed by atoms with van der Waals surface area (Å²) in [6, 6.07) is 0. The van der Waals surface area contributed by atoms with E-state index in [9.17, 15) is 14.4 Å². The van der Waals surface area contributed by atoms with Crippen LogP contribution in [0.5, 0.6) is 0 Å². The Balaban J connectivity index is 1.61. The molecular weight excluding hydrogens is 424 g/mol. The van der Waals surface area contributed by atoms with Crippen LogP contribution in [0.1, 0.15) is 79.6 Å². The van der Waals surface area contributed by atoms with Gasteiger partial charge in [0.1, 0.15) is 5.94 Å². The van der Waals surface area contributed by atoms with Gasteiger partial charge in [-0.3, -0.25) is 9.59 Å². The second-order valence-electron chi connectivity index (χ2n) is 13.3. The van der Waals surface area contributed by atoms with Gasteiger partial charge in [0.2, 0.25) is 0 Å². The molecule has 0 aromatic carbocycles. The zero-order valence-corrected chi connectivity index (χ0v) is 21.7. The molecule has 0 radical (unpaired) electrons. The van der Waals surface area contributed by atoms with Gasteiger partial charge in [0, 0.05) is 17.4 Å². The van der Waals surface area contributed by atoms with Crippen molar-refractivity contribution in [3.8, 4) is 0 Å². The highest BCUT2D eigenvalue weighted by Crippen LogP contribution is 2.69. The lowest BCUT2D eigenvalue weighted by atomic mass is 9.40. The molecule has 0 amide bonds. The first-order valence-corrected chi connectivity index (χ1v) is 13.2. The molecule has 3 saturated carbocycles. The Morgan fingerprint density at radius 1 is 1.06 bits per heavy atom. The molecule has 0 N–H and O–H groups in total. The third kappa shape index (κ3) is 3.00. The van der Waals surface area contributed by atoms with E-state index in [1.54, 1.807) is 0 Å². The number of ketones is 1. The number of carbonyl (C=O) groups excluding carboxylic acids is 3. The Bertz CT molecular complexity index is 1040. The molecule has 0 saturated heterocycles. The molecule has 0 heterocycles. The maximum absolute atomic E-state index is 14.0. The number of ether oxygens (including phenoxy) is 1. The number of rotatable bonds is 1. The fourth-order valence-corrected chi connectivity index (χ4v) is 9.04. The predicted octanol–water partition coefficient (Wildman–Crippen LogP) is 5.89. The van der Waals surface area contributed by atoms with E-state index < -0.39 is 5.41 Å². The fourth-order valence-electron chi connectivity index (χ4n) is 9.04. The average Bonchev–Trinajstić information content (AvgIpc) is 2.80. The Morgan fingerprint density at radius 2 is 1.79 bits per heavy atom. The predicted molar refractivity (Wildman–Crippen MR) is 131 cm³/mol. The van der Waals surface area contributed by atoms with E-state index in [1.807, 2.05) is 12.2 Å². The van der Waals surface area contributed by atoms with E-state index in [0.717, 1.165) is 50.5 Å². The van der Waals surface area contributed by atoms with Gasteiger partial charge in [0.25, 0.3) is 0 Å². The fraction of sp³-hybridized carbons (Fsp3) is 0.733. The highest BCUT2D eigenvalue weighted by Gasteiger charge is 2.65. The van der Waals surface area contributed by atoms with Crippen molar-refractivity contribution >= 4 is 17.7 Å². The summed E-state index contributed by atoms with van der Waals surface area (Å²) < 4.78 is 5.37. The molecule has 0 aromatic heterocycles. The van der Waals surface area contributed by atoms with Crippen LogP contribution < -0.4 is 0 Å². The number of hydrogen-bond acceptors (Lipinski definition) is 4. The quantitative estimate of drug-likeness (QED) is 0.358. The van der Waals surface area contributed by atoms with E-state index in [-0.39, 0.29) is 57.6 Å². The molecule has 0 aliphatic heterocycles. The topological polar surface area (TPSA) is 60.4 Å². The third-order valence-corrected chi connectivity index (χ3v) is 11.5. The van der Waals surface area contributed by atoms with Crippen LogP contribution in [-0.4, -0.2) is 24.8 Å².